The number of amides is 1. The molecule has 9 nitrogen and oxygen atoms in total. The fraction of sp³-hybridized carbons (Fsp3) is 0.294. The van der Waals surface area contributed by atoms with Gasteiger partial charge in [-0.25, -0.2) is 17.9 Å². The first-order valence-electron chi connectivity index (χ1n) is 7.90. The lowest BCUT2D eigenvalue weighted by Gasteiger charge is -2.15. The number of carboxylic acids is 1. The van der Waals surface area contributed by atoms with E-state index in [4.69, 9.17) is 14.3 Å². The quantitative estimate of drug-likeness (QED) is 0.573. The Morgan fingerprint density at radius 2 is 2.04 bits per heavy atom. The fourth-order valence-electron chi connectivity index (χ4n) is 2.25. The predicted molar refractivity (Wildman–Crippen MR) is 94.7 cm³/mol. The number of nitrogens with one attached hydrogen (secondary N) is 2. The van der Waals surface area contributed by atoms with Crippen molar-refractivity contribution in [1.29, 1.82) is 0 Å². The van der Waals surface area contributed by atoms with Crippen LogP contribution in [0, 0.1) is 6.92 Å². The molecular weight excluding hydrogens is 376 g/mol. The molecule has 1 aromatic carbocycles. The van der Waals surface area contributed by atoms with E-state index in [1.54, 1.807) is 19.1 Å². The van der Waals surface area contributed by atoms with Crippen molar-refractivity contribution in [2.24, 2.45) is 0 Å². The van der Waals surface area contributed by atoms with Crippen LogP contribution in [-0.2, 0) is 26.1 Å². The number of hydrogen-bond acceptors (Lipinski definition) is 6. The molecule has 0 aliphatic carbocycles. The molecule has 10 heteroatoms. The van der Waals surface area contributed by atoms with Gasteiger partial charge in [-0.2, -0.15) is 0 Å². The molecule has 0 spiro atoms. The van der Waals surface area contributed by atoms with Gasteiger partial charge in [0.1, 0.15) is 5.76 Å². The van der Waals surface area contributed by atoms with Gasteiger partial charge in [-0.15, -0.1) is 0 Å². The summed E-state index contributed by atoms with van der Waals surface area (Å²) in [5, 5.41) is 11.4. The van der Waals surface area contributed by atoms with Gasteiger partial charge in [0.25, 0.3) is 5.91 Å². The molecule has 1 atom stereocenters. The van der Waals surface area contributed by atoms with Crippen LogP contribution < -0.4 is 10.0 Å². The summed E-state index contributed by atoms with van der Waals surface area (Å²) in [6, 6.07) is 6.04. The summed E-state index contributed by atoms with van der Waals surface area (Å²) in [5.41, 5.74) is 0.553. The number of sulfonamides is 1. The highest BCUT2D eigenvalue weighted by molar-refractivity contribution is 7.89. The third-order valence-electron chi connectivity index (χ3n) is 3.72. The summed E-state index contributed by atoms with van der Waals surface area (Å²) in [5.74, 6) is -1.53. The standard InChI is InChI=1S/C17H20N2O7S/c1-11-5-6-13(27(23,24)18-9-12-4-3-7-26-12)8-14(11)16(20)19-15(10-25-2)17(21)22/h3-8,15,18H,9-10H2,1-2H3,(H,19,20)(H,21,22). The van der Waals surface area contributed by atoms with Crippen LogP contribution in [0.1, 0.15) is 21.7 Å². The van der Waals surface area contributed by atoms with Crippen molar-refractivity contribution in [1.82, 2.24) is 10.0 Å². The lowest BCUT2D eigenvalue weighted by Crippen LogP contribution is -2.44. The first kappa shape index (κ1) is 20.6. The van der Waals surface area contributed by atoms with Gasteiger partial charge in [0.15, 0.2) is 6.04 Å². The van der Waals surface area contributed by atoms with Gasteiger partial charge in [-0.05, 0) is 36.8 Å². The number of hydrogen-bond donors (Lipinski definition) is 3. The van der Waals surface area contributed by atoms with Gasteiger partial charge in [0.05, 0.1) is 24.3 Å². The molecule has 0 fully saturated rings. The van der Waals surface area contributed by atoms with E-state index in [1.807, 2.05) is 0 Å². The number of furan rings is 1. The molecule has 0 saturated heterocycles. The highest BCUT2D eigenvalue weighted by Crippen LogP contribution is 2.16. The third-order valence-corrected chi connectivity index (χ3v) is 5.12. The van der Waals surface area contributed by atoms with Gasteiger partial charge in [0, 0.05) is 12.7 Å². The van der Waals surface area contributed by atoms with Crippen LogP contribution >= 0.6 is 0 Å². The van der Waals surface area contributed by atoms with Crippen molar-refractivity contribution >= 4 is 21.9 Å². The van der Waals surface area contributed by atoms with E-state index in [2.05, 4.69) is 10.0 Å². The maximum Gasteiger partial charge on any atom is 0.328 e. The molecule has 146 valence electrons. The van der Waals surface area contributed by atoms with Crippen LogP contribution in [0.25, 0.3) is 0 Å². The Balaban J connectivity index is 2.21. The molecule has 0 bridgehead atoms. The van der Waals surface area contributed by atoms with Gasteiger partial charge >= 0.3 is 5.97 Å². The maximum atomic E-state index is 12.4. The van der Waals surface area contributed by atoms with Crippen LogP contribution in [0.15, 0.2) is 45.9 Å². The third kappa shape index (κ3) is 5.39. The number of carbonyl (C=O) groups excluding carboxylic acids is 1. The molecule has 3 N–H and O–H groups in total. The minimum atomic E-state index is -3.90. The summed E-state index contributed by atoms with van der Waals surface area (Å²) >= 11 is 0. The van der Waals surface area contributed by atoms with E-state index in [1.165, 1.54) is 31.6 Å². The smallest absolute Gasteiger partial charge is 0.328 e. The Bertz CT molecular complexity index is 907. The number of carboxylic acid groups (broad SMARTS) is 1. The topological polar surface area (TPSA) is 135 Å². The molecule has 0 radical (unpaired) electrons. The second kappa shape index (κ2) is 8.80. The van der Waals surface area contributed by atoms with Gasteiger partial charge in [-0.3, -0.25) is 4.79 Å². The van der Waals surface area contributed by atoms with Crippen molar-refractivity contribution in [2.75, 3.05) is 13.7 Å². The second-order valence-corrected chi connectivity index (χ2v) is 7.47. The minimum Gasteiger partial charge on any atom is -0.480 e. The normalized spacial score (nSPS) is 12.5. The molecule has 0 saturated carbocycles. The lowest BCUT2D eigenvalue weighted by atomic mass is 10.1. The number of aliphatic carboxylic acids is 1. The number of methoxy groups -OCH3 is 1. The van der Waals surface area contributed by atoms with Crippen molar-refractivity contribution in [3.63, 3.8) is 0 Å². The van der Waals surface area contributed by atoms with E-state index in [0.29, 0.717) is 11.3 Å². The average Bonchev–Trinajstić information content (AvgIpc) is 3.13. The van der Waals surface area contributed by atoms with Crippen LogP contribution in [0.5, 0.6) is 0 Å². The Labute approximate surface area is 156 Å². The van der Waals surface area contributed by atoms with Gasteiger partial charge in [0.2, 0.25) is 10.0 Å². The monoisotopic (exact) mass is 396 g/mol. The molecular formula is C17H20N2O7S. The highest BCUT2D eigenvalue weighted by atomic mass is 32.2. The van der Waals surface area contributed by atoms with Crippen molar-refractivity contribution < 1.29 is 32.3 Å². The first-order chi connectivity index (χ1) is 12.7. The molecule has 1 aromatic heterocycles. The molecule has 0 aliphatic heterocycles. The number of ether oxygens (including phenoxy) is 1. The highest BCUT2D eigenvalue weighted by Gasteiger charge is 2.23. The zero-order valence-corrected chi connectivity index (χ0v) is 15.6. The molecule has 1 amide bonds. The number of aryl methyl sites for hydroxylation is 1. The van der Waals surface area contributed by atoms with Crippen LogP contribution in [0.3, 0.4) is 0 Å². The molecule has 1 unspecified atom stereocenters. The Morgan fingerprint density at radius 3 is 2.63 bits per heavy atom. The summed E-state index contributed by atoms with van der Waals surface area (Å²) in [6.07, 6.45) is 1.43. The van der Waals surface area contributed by atoms with Crippen LogP contribution in [0.2, 0.25) is 0 Å². The summed E-state index contributed by atoms with van der Waals surface area (Å²) in [7, 11) is -2.58. The van der Waals surface area contributed by atoms with Gasteiger partial charge < -0.3 is 19.6 Å². The Morgan fingerprint density at radius 1 is 1.30 bits per heavy atom. The zero-order chi connectivity index (χ0) is 20.0. The molecule has 2 rings (SSSR count). The fourth-order valence-corrected chi connectivity index (χ4v) is 3.27. The van der Waals surface area contributed by atoms with Crippen LogP contribution in [-0.4, -0.2) is 45.2 Å². The molecule has 27 heavy (non-hydrogen) atoms. The summed E-state index contributed by atoms with van der Waals surface area (Å²) in [6.45, 7) is 1.36. The summed E-state index contributed by atoms with van der Waals surface area (Å²) < 4.78 is 37.1. The Kier molecular flexibility index (Phi) is 6.72. The Hall–Kier alpha value is -2.69. The maximum absolute atomic E-state index is 12.4. The van der Waals surface area contributed by atoms with E-state index in [-0.39, 0.29) is 23.6 Å². The van der Waals surface area contributed by atoms with Crippen LogP contribution in [0.4, 0.5) is 0 Å². The number of rotatable bonds is 9. The van der Waals surface area contributed by atoms with Crippen molar-refractivity contribution in [3.05, 3.63) is 53.5 Å². The van der Waals surface area contributed by atoms with Gasteiger partial charge in [-0.1, -0.05) is 6.07 Å². The predicted octanol–water partition coefficient (Wildman–Crippen LogP) is 0.896. The SMILES string of the molecule is COCC(NC(=O)c1cc(S(=O)(=O)NCc2ccco2)ccc1C)C(=O)O. The van der Waals surface area contributed by atoms with E-state index >= 15 is 0 Å². The first-order valence-corrected chi connectivity index (χ1v) is 9.38. The number of benzene rings is 1. The summed E-state index contributed by atoms with van der Waals surface area (Å²) in [4.78, 5) is 23.5. The molecule has 1 heterocycles. The van der Waals surface area contributed by atoms with Crippen molar-refractivity contribution in [3.8, 4) is 0 Å². The van der Waals surface area contributed by atoms with E-state index in [9.17, 15) is 18.0 Å². The van der Waals surface area contributed by atoms with E-state index in [0.717, 1.165) is 0 Å². The largest absolute Gasteiger partial charge is 0.480 e. The van der Waals surface area contributed by atoms with E-state index < -0.39 is 27.9 Å². The minimum absolute atomic E-state index is 0.0420. The molecule has 2 aromatic rings. The van der Waals surface area contributed by atoms with Crippen molar-refractivity contribution in [2.45, 2.75) is 24.4 Å². The lowest BCUT2D eigenvalue weighted by molar-refractivity contribution is -0.140. The number of carbonyl (C=O) groups is 2. The average molecular weight is 396 g/mol. The second-order valence-electron chi connectivity index (χ2n) is 5.70. The zero-order valence-electron chi connectivity index (χ0n) is 14.8. The molecule has 0 aliphatic rings.